The van der Waals surface area contributed by atoms with Crippen molar-refractivity contribution < 1.29 is 0 Å². The Morgan fingerprint density at radius 1 is 1.39 bits per heavy atom. The Morgan fingerprint density at radius 2 is 2.13 bits per heavy atom. The molecule has 0 fully saturated rings. The molecule has 1 heterocycles. The molecule has 2 rings (SSSR count). The van der Waals surface area contributed by atoms with Gasteiger partial charge in [0.05, 0.1) is 18.5 Å². The Balaban J connectivity index is 2.15. The van der Waals surface area contributed by atoms with Crippen LogP contribution < -0.4 is 10.7 Å². The third-order valence-electron chi connectivity index (χ3n) is 3.41. The average Bonchev–Trinajstić information content (AvgIpc) is 2.77. The third-order valence-corrected chi connectivity index (χ3v) is 4.02. The molecule has 0 unspecified atom stereocenters. The summed E-state index contributed by atoms with van der Waals surface area (Å²) >= 11 is 11.3. The molecule has 2 aromatic rings. The molecular formula is C16H20ClN5S. The van der Waals surface area contributed by atoms with Gasteiger partial charge in [-0.25, -0.2) is 0 Å². The zero-order valence-electron chi connectivity index (χ0n) is 13.4. The Morgan fingerprint density at radius 3 is 2.83 bits per heavy atom. The second-order valence-electron chi connectivity index (χ2n) is 5.06. The third kappa shape index (κ3) is 4.53. The van der Waals surface area contributed by atoms with Crippen molar-refractivity contribution in [2.24, 2.45) is 5.10 Å². The Bertz CT molecular complexity index is 723. The van der Waals surface area contributed by atoms with E-state index >= 15 is 0 Å². The number of hydrazone groups is 1. The first kappa shape index (κ1) is 17.4. The lowest BCUT2D eigenvalue weighted by molar-refractivity contribution is 0.659. The fraction of sp³-hybridized carbons (Fsp3) is 0.312. The van der Waals surface area contributed by atoms with E-state index in [2.05, 4.69) is 20.9 Å². The van der Waals surface area contributed by atoms with Gasteiger partial charge < -0.3 is 5.32 Å². The van der Waals surface area contributed by atoms with Crippen molar-refractivity contribution in [3.63, 3.8) is 0 Å². The molecule has 7 heteroatoms. The van der Waals surface area contributed by atoms with E-state index in [-0.39, 0.29) is 0 Å². The van der Waals surface area contributed by atoms with Crippen molar-refractivity contribution in [3.05, 3.63) is 51.8 Å². The fourth-order valence-electron chi connectivity index (χ4n) is 2.20. The SMILES string of the molecule is CCNC(=S)N/N=C/c1c(C)nn(Cc2ccccc2Cl)c1C. The second-order valence-corrected chi connectivity index (χ2v) is 5.88. The van der Waals surface area contributed by atoms with Gasteiger partial charge in [-0.15, -0.1) is 0 Å². The van der Waals surface area contributed by atoms with E-state index in [1.165, 1.54) is 0 Å². The molecule has 0 aliphatic rings. The standard InChI is InChI=1S/C16H20ClN5S/c1-4-18-16(23)20-19-9-14-11(2)21-22(12(14)3)10-13-7-5-6-8-15(13)17/h5-9H,4,10H2,1-3H3,(H2,18,20,23)/b19-9+. The van der Waals surface area contributed by atoms with Gasteiger partial charge in [-0.3, -0.25) is 10.1 Å². The molecule has 0 spiro atoms. The highest BCUT2D eigenvalue weighted by molar-refractivity contribution is 7.80. The van der Waals surface area contributed by atoms with Crippen molar-refractivity contribution in [1.82, 2.24) is 20.5 Å². The lowest BCUT2D eigenvalue weighted by Gasteiger charge is -2.06. The maximum atomic E-state index is 6.22. The maximum Gasteiger partial charge on any atom is 0.186 e. The normalized spacial score (nSPS) is 11.0. The van der Waals surface area contributed by atoms with Crippen molar-refractivity contribution in [1.29, 1.82) is 0 Å². The van der Waals surface area contributed by atoms with Gasteiger partial charge in [0.2, 0.25) is 0 Å². The second kappa shape index (κ2) is 8.08. The van der Waals surface area contributed by atoms with Crippen molar-refractivity contribution in [2.45, 2.75) is 27.3 Å². The van der Waals surface area contributed by atoms with Crippen LogP contribution in [0.15, 0.2) is 29.4 Å². The first-order valence-electron chi connectivity index (χ1n) is 7.37. The monoisotopic (exact) mass is 349 g/mol. The van der Waals surface area contributed by atoms with E-state index in [1.54, 1.807) is 6.21 Å². The molecule has 0 aliphatic heterocycles. The number of aromatic nitrogens is 2. The largest absolute Gasteiger partial charge is 0.362 e. The molecule has 0 saturated carbocycles. The maximum absolute atomic E-state index is 6.22. The van der Waals surface area contributed by atoms with E-state index in [9.17, 15) is 0 Å². The topological polar surface area (TPSA) is 54.2 Å². The predicted molar refractivity (Wildman–Crippen MR) is 99.3 cm³/mol. The first-order valence-corrected chi connectivity index (χ1v) is 8.15. The van der Waals surface area contributed by atoms with Crippen LogP contribution in [-0.2, 0) is 6.54 Å². The van der Waals surface area contributed by atoms with E-state index < -0.39 is 0 Å². The van der Waals surface area contributed by atoms with Crippen molar-refractivity contribution in [3.8, 4) is 0 Å². The summed E-state index contributed by atoms with van der Waals surface area (Å²) in [6.07, 6.45) is 1.74. The first-order chi connectivity index (χ1) is 11.0. The minimum Gasteiger partial charge on any atom is -0.362 e. The molecule has 5 nitrogen and oxygen atoms in total. The molecule has 1 aromatic carbocycles. The number of thiocarbonyl (C=S) groups is 1. The van der Waals surface area contributed by atoms with Gasteiger partial charge in [0.25, 0.3) is 0 Å². The Labute approximate surface area is 146 Å². The summed E-state index contributed by atoms with van der Waals surface area (Å²) in [6, 6.07) is 7.78. The summed E-state index contributed by atoms with van der Waals surface area (Å²) in [5, 5.41) is 13.0. The summed E-state index contributed by atoms with van der Waals surface area (Å²) < 4.78 is 1.93. The number of aryl methyl sites for hydroxylation is 1. The molecule has 122 valence electrons. The van der Waals surface area contributed by atoms with Crippen LogP contribution in [0.2, 0.25) is 5.02 Å². The molecular weight excluding hydrogens is 330 g/mol. The van der Waals surface area contributed by atoms with Crippen LogP contribution in [0.5, 0.6) is 0 Å². The van der Waals surface area contributed by atoms with Crippen LogP contribution in [-0.4, -0.2) is 27.7 Å². The van der Waals surface area contributed by atoms with Crippen LogP contribution in [0.1, 0.15) is 29.4 Å². The minimum absolute atomic E-state index is 0.502. The van der Waals surface area contributed by atoms with Crippen LogP contribution in [0.25, 0.3) is 0 Å². The van der Waals surface area contributed by atoms with Gasteiger partial charge in [0.1, 0.15) is 0 Å². The summed E-state index contributed by atoms with van der Waals surface area (Å²) in [6.45, 7) is 7.34. The summed E-state index contributed by atoms with van der Waals surface area (Å²) in [5.41, 5.74) is 6.74. The molecule has 23 heavy (non-hydrogen) atoms. The molecule has 0 atom stereocenters. The van der Waals surface area contributed by atoms with Crippen LogP contribution in [0, 0.1) is 13.8 Å². The number of nitrogens with one attached hydrogen (secondary N) is 2. The smallest absolute Gasteiger partial charge is 0.186 e. The van der Waals surface area contributed by atoms with Crippen molar-refractivity contribution >= 4 is 35.1 Å². The quantitative estimate of drug-likeness (QED) is 0.495. The number of nitrogens with zero attached hydrogens (tertiary/aromatic N) is 3. The van der Waals surface area contributed by atoms with Crippen LogP contribution in [0.4, 0.5) is 0 Å². The highest BCUT2D eigenvalue weighted by atomic mass is 35.5. The lowest BCUT2D eigenvalue weighted by Crippen LogP contribution is -2.31. The predicted octanol–water partition coefficient (Wildman–Crippen LogP) is 3.02. The summed E-state index contributed by atoms with van der Waals surface area (Å²) in [5.74, 6) is 0. The minimum atomic E-state index is 0.502. The number of hydrogen-bond donors (Lipinski definition) is 2. The molecule has 0 aliphatic carbocycles. The Kier molecular flexibility index (Phi) is 6.12. The van der Waals surface area contributed by atoms with Crippen LogP contribution in [0.3, 0.4) is 0 Å². The van der Waals surface area contributed by atoms with E-state index in [0.29, 0.717) is 11.7 Å². The average molecular weight is 350 g/mol. The zero-order valence-corrected chi connectivity index (χ0v) is 15.0. The van der Waals surface area contributed by atoms with Gasteiger partial charge in [0, 0.05) is 22.8 Å². The molecule has 0 bridgehead atoms. The summed E-state index contributed by atoms with van der Waals surface area (Å²) in [4.78, 5) is 0. The molecule has 0 amide bonds. The van der Waals surface area contributed by atoms with E-state index in [4.69, 9.17) is 23.8 Å². The fourth-order valence-corrected chi connectivity index (χ4v) is 2.59. The molecule has 1 aromatic heterocycles. The number of rotatable bonds is 5. The number of halogens is 1. The van der Waals surface area contributed by atoms with Gasteiger partial charge in [-0.1, -0.05) is 29.8 Å². The van der Waals surface area contributed by atoms with Gasteiger partial charge in [-0.2, -0.15) is 10.2 Å². The lowest BCUT2D eigenvalue weighted by atomic mass is 10.2. The highest BCUT2D eigenvalue weighted by Crippen LogP contribution is 2.18. The van der Waals surface area contributed by atoms with Gasteiger partial charge in [-0.05, 0) is 44.6 Å². The highest BCUT2D eigenvalue weighted by Gasteiger charge is 2.11. The van der Waals surface area contributed by atoms with Gasteiger partial charge >= 0.3 is 0 Å². The van der Waals surface area contributed by atoms with Gasteiger partial charge in [0.15, 0.2) is 5.11 Å². The van der Waals surface area contributed by atoms with Crippen LogP contribution >= 0.6 is 23.8 Å². The van der Waals surface area contributed by atoms with Crippen molar-refractivity contribution in [2.75, 3.05) is 6.54 Å². The molecule has 0 saturated heterocycles. The van der Waals surface area contributed by atoms with E-state index in [1.807, 2.05) is 49.7 Å². The number of hydrogen-bond acceptors (Lipinski definition) is 3. The van der Waals surface area contributed by atoms with E-state index in [0.717, 1.165) is 34.1 Å². The molecule has 0 radical (unpaired) electrons. The number of benzene rings is 1. The zero-order chi connectivity index (χ0) is 16.8. The Hall–Kier alpha value is -1.92. The molecule has 2 N–H and O–H groups in total. The summed E-state index contributed by atoms with van der Waals surface area (Å²) in [7, 11) is 0.